The van der Waals surface area contributed by atoms with Crippen molar-refractivity contribution in [2.75, 3.05) is 6.54 Å². The quantitative estimate of drug-likeness (QED) is 0.348. The van der Waals surface area contributed by atoms with Gasteiger partial charge in [-0.1, -0.05) is 63.6 Å². The number of aryl methyl sites for hydroxylation is 2. The van der Waals surface area contributed by atoms with Crippen LogP contribution in [0.4, 0.5) is 4.79 Å². The Kier molecular flexibility index (Phi) is 11.9. The molecule has 1 fully saturated rings. The highest BCUT2D eigenvalue weighted by Gasteiger charge is 2.36. The predicted octanol–water partition coefficient (Wildman–Crippen LogP) is 6.12. The van der Waals surface area contributed by atoms with Crippen molar-refractivity contribution < 1.29 is 19.1 Å². The molecule has 0 radical (unpaired) electrons. The summed E-state index contributed by atoms with van der Waals surface area (Å²) in [5.74, 6) is -0.425. The standard InChI is InChI=1S/C30H49N3O4/c1-8-9-10-14-20-33(28(35)23(4)31-29(36)37-30(5,6)7)26(25-21(2)16-15-17-22(25)3)27(34)32-24-18-12-11-13-19-24/h15-17,23-24,26H,8-14,18-20H2,1-7H3,(H,31,36)(H,32,34). The number of rotatable bonds is 11. The van der Waals surface area contributed by atoms with E-state index in [-0.39, 0.29) is 17.9 Å². The molecule has 2 N–H and O–H groups in total. The van der Waals surface area contributed by atoms with E-state index in [1.54, 1.807) is 32.6 Å². The van der Waals surface area contributed by atoms with Crippen molar-refractivity contribution in [2.45, 2.75) is 130 Å². The van der Waals surface area contributed by atoms with Crippen molar-refractivity contribution in [3.8, 4) is 0 Å². The minimum Gasteiger partial charge on any atom is -0.444 e. The number of nitrogens with zero attached hydrogens (tertiary/aromatic N) is 1. The first kappa shape index (κ1) is 30.7. The van der Waals surface area contributed by atoms with Gasteiger partial charge in [-0.2, -0.15) is 0 Å². The number of benzene rings is 1. The summed E-state index contributed by atoms with van der Waals surface area (Å²) in [6.07, 6.45) is 8.60. The van der Waals surface area contributed by atoms with Crippen LogP contribution in [0, 0.1) is 13.8 Å². The van der Waals surface area contributed by atoms with E-state index in [1.165, 1.54) is 6.42 Å². The van der Waals surface area contributed by atoms with Gasteiger partial charge < -0.3 is 20.3 Å². The number of carbonyl (C=O) groups excluding carboxylic acids is 3. The number of alkyl carbamates (subject to hydrolysis) is 1. The maximum Gasteiger partial charge on any atom is 0.408 e. The molecule has 2 unspecified atom stereocenters. The van der Waals surface area contributed by atoms with E-state index in [1.807, 2.05) is 32.0 Å². The first-order valence-corrected chi connectivity index (χ1v) is 14.1. The number of amides is 3. The second-order valence-corrected chi connectivity index (χ2v) is 11.5. The molecule has 3 amide bonds. The summed E-state index contributed by atoms with van der Waals surface area (Å²) in [6.45, 7) is 13.6. The van der Waals surface area contributed by atoms with Gasteiger partial charge in [0, 0.05) is 12.6 Å². The zero-order chi connectivity index (χ0) is 27.6. The van der Waals surface area contributed by atoms with E-state index in [0.29, 0.717) is 6.54 Å². The van der Waals surface area contributed by atoms with Crippen molar-refractivity contribution >= 4 is 17.9 Å². The molecular formula is C30H49N3O4. The molecular weight excluding hydrogens is 466 g/mol. The van der Waals surface area contributed by atoms with Gasteiger partial charge in [-0.25, -0.2) is 4.79 Å². The fourth-order valence-corrected chi connectivity index (χ4v) is 5.08. The van der Waals surface area contributed by atoms with Crippen LogP contribution in [0.15, 0.2) is 18.2 Å². The summed E-state index contributed by atoms with van der Waals surface area (Å²) in [6, 6.07) is 4.49. The number of nitrogens with one attached hydrogen (secondary N) is 2. The lowest BCUT2D eigenvalue weighted by Crippen LogP contribution is -2.53. The fourth-order valence-electron chi connectivity index (χ4n) is 5.08. The van der Waals surface area contributed by atoms with Crippen LogP contribution < -0.4 is 10.6 Å². The van der Waals surface area contributed by atoms with Crippen molar-refractivity contribution in [3.05, 3.63) is 34.9 Å². The molecule has 208 valence electrons. The summed E-state index contributed by atoms with van der Waals surface area (Å²) in [4.78, 5) is 42.0. The monoisotopic (exact) mass is 515 g/mol. The van der Waals surface area contributed by atoms with Gasteiger partial charge in [-0.15, -0.1) is 0 Å². The van der Waals surface area contributed by atoms with E-state index in [2.05, 4.69) is 17.6 Å². The summed E-state index contributed by atoms with van der Waals surface area (Å²) >= 11 is 0. The van der Waals surface area contributed by atoms with Crippen LogP contribution in [0.5, 0.6) is 0 Å². The van der Waals surface area contributed by atoms with Crippen LogP contribution in [0.25, 0.3) is 0 Å². The van der Waals surface area contributed by atoms with E-state index < -0.39 is 23.8 Å². The van der Waals surface area contributed by atoms with Gasteiger partial charge in [0.05, 0.1) is 0 Å². The average Bonchev–Trinajstić information content (AvgIpc) is 2.81. The fraction of sp³-hybridized carbons (Fsp3) is 0.700. The van der Waals surface area contributed by atoms with Gasteiger partial charge in [0.2, 0.25) is 11.8 Å². The molecule has 7 nitrogen and oxygen atoms in total. The molecule has 7 heteroatoms. The van der Waals surface area contributed by atoms with Crippen molar-refractivity contribution in [1.82, 2.24) is 15.5 Å². The van der Waals surface area contributed by atoms with Crippen molar-refractivity contribution in [1.29, 1.82) is 0 Å². The maximum atomic E-state index is 14.0. The zero-order valence-corrected chi connectivity index (χ0v) is 24.1. The SMILES string of the molecule is CCCCCCN(C(=O)C(C)NC(=O)OC(C)(C)C)C(C(=O)NC1CCCCC1)c1c(C)cccc1C. The molecule has 37 heavy (non-hydrogen) atoms. The Morgan fingerprint density at radius 2 is 1.65 bits per heavy atom. The van der Waals surface area contributed by atoms with Gasteiger partial charge in [0.25, 0.3) is 0 Å². The molecule has 1 aliphatic rings. The number of hydrogen-bond donors (Lipinski definition) is 2. The summed E-state index contributed by atoms with van der Waals surface area (Å²) in [5.41, 5.74) is 2.14. The lowest BCUT2D eigenvalue weighted by molar-refractivity contribution is -0.142. The van der Waals surface area contributed by atoms with E-state index in [0.717, 1.165) is 68.1 Å². The third kappa shape index (κ3) is 9.67. The Morgan fingerprint density at radius 1 is 1.03 bits per heavy atom. The third-order valence-electron chi connectivity index (χ3n) is 6.97. The number of carbonyl (C=O) groups is 3. The lowest BCUT2D eigenvalue weighted by Gasteiger charge is -2.36. The normalized spacial score (nSPS) is 16.0. The molecule has 0 aromatic heterocycles. The second-order valence-electron chi connectivity index (χ2n) is 11.5. The summed E-state index contributed by atoms with van der Waals surface area (Å²) < 4.78 is 5.38. The molecule has 2 atom stereocenters. The smallest absolute Gasteiger partial charge is 0.408 e. The van der Waals surface area contributed by atoms with Gasteiger partial charge in [0.1, 0.15) is 17.7 Å². The molecule has 1 aliphatic carbocycles. The van der Waals surface area contributed by atoms with Crippen molar-refractivity contribution in [2.24, 2.45) is 0 Å². The largest absolute Gasteiger partial charge is 0.444 e. The van der Waals surface area contributed by atoms with E-state index in [9.17, 15) is 14.4 Å². The second kappa shape index (κ2) is 14.4. The van der Waals surface area contributed by atoms with Gasteiger partial charge in [0.15, 0.2) is 0 Å². The highest BCUT2D eigenvalue weighted by molar-refractivity contribution is 5.92. The third-order valence-corrected chi connectivity index (χ3v) is 6.97. The maximum absolute atomic E-state index is 14.0. The molecule has 0 bridgehead atoms. The Morgan fingerprint density at radius 3 is 2.22 bits per heavy atom. The molecule has 1 saturated carbocycles. The molecule has 1 aromatic carbocycles. The minimum absolute atomic E-state index is 0.127. The molecule has 0 heterocycles. The first-order valence-electron chi connectivity index (χ1n) is 14.1. The summed E-state index contributed by atoms with van der Waals surface area (Å²) in [7, 11) is 0. The molecule has 0 spiro atoms. The predicted molar refractivity (Wildman–Crippen MR) is 148 cm³/mol. The number of ether oxygens (including phenoxy) is 1. The lowest BCUT2D eigenvalue weighted by atomic mass is 9.91. The van der Waals surface area contributed by atoms with Crippen LogP contribution in [-0.2, 0) is 14.3 Å². The topological polar surface area (TPSA) is 87.7 Å². The van der Waals surface area contributed by atoms with Gasteiger partial charge in [-0.05, 0) is 77.5 Å². The Hall–Kier alpha value is -2.57. The number of hydrogen-bond acceptors (Lipinski definition) is 4. The Bertz CT molecular complexity index is 882. The van der Waals surface area contributed by atoms with Crippen molar-refractivity contribution in [3.63, 3.8) is 0 Å². The van der Waals surface area contributed by atoms with Gasteiger partial charge >= 0.3 is 6.09 Å². The molecule has 0 saturated heterocycles. The molecule has 2 rings (SSSR count). The zero-order valence-electron chi connectivity index (χ0n) is 24.1. The Balaban J connectivity index is 2.42. The van der Waals surface area contributed by atoms with Crippen LogP contribution in [0.1, 0.15) is 115 Å². The highest BCUT2D eigenvalue weighted by atomic mass is 16.6. The van der Waals surface area contributed by atoms with Crippen LogP contribution in [0.2, 0.25) is 0 Å². The summed E-state index contributed by atoms with van der Waals surface area (Å²) in [5, 5.41) is 5.96. The van der Waals surface area contributed by atoms with Crippen LogP contribution in [0.3, 0.4) is 0 Å². The number of unbranched alkanes of at least 4 members (excludes halogenated alkanes) is 3. The first-order chi connectivity index (χ1) is 17.4. The Labute approximate surface area is 224 Å². The van der Waals surface area contributed by atoms with Crippen LogP contribution in [-0.4, -0.2) is 47.0 Å². The van der Waals surface area contributed by atoms with E-state index in [4.69, 9.17) is 4.74 Å². The highest BCUT2D eigenvalue weighted by Crippen LogP contribution is 2.30. The molecule has 1 aromatic rings. The molecule has 0 aliphatic heterocycles. The average molecular weight is 516 g/mol. The van der Waals surface area contributed by atoms with Gasteiger partial charge in [-0.3, -0.25) is 9.59 Å². The van der Waals surface area contributed by atoms with Crippen LogP contribution >= 0.6 is 0 Å². The minimum atomic E-state index is -0.838. The van der Waals surface area contributed by atoms with E-state index >= 15 is 0 Å².